The molecule has 2 heterocycles. The quantitative estimate of drug-likeness (QED) is 0.789. The molecule has 2 aliphatic rings. The van der Waals surface area contributed by atoms with Gasteiger partial charge in [-0.1, -0.05) is 31.8 Å². The molecular formula is C19H27N3O5. The lowest BCUT2D eigenvalue weighted by Gasteiger charge is -2.39. The van der Waals surface area contributed by atoms with Crippen molar-refractivity contribution in [1.29, 1.82) is 0 Å². The standard InChI is InChI=1S/C19H27N3O5/c1-11-5-4-6-15(13(11)3)22-9-14(8-18(22)24)19(25)26-10-17(23)20-16-7-12(2)27-21-16/h7,11,13-15H,4-6,8-10H2,1-3H3,(H,20,21,23)/t11-,13-,14-,15+/m0/s1. The van der Waals surface area contributed by atoms with Crippen LogP contribution in [0.2, 0.25) is 0 Å². The van der Waals surface area contributed by atoms with Gasteiger partial charge in [0.2, 0.25) is 5.91 Å². The highest BCUT2D eigenvalue weighted by Crippen LogP contribution is 2.35. The summed E-state index contributed by atoms with van der Waals surface area (Å²) in [6.45, 7) is 6.08. The smallest absolute Gasteiger partial charge is 0.311 e. The monoisotopic (exact) mass is 377 g/mol. The van der Waals surface area contributed by atoms with Gasteiger partial charge in [0.15, 0.2) is 12.4 Å². The fourth-order valence-corrected chi connectivity index (χ4v) is 4.06. The Kier molecular flexibility index (Phi) is 5.82. The topological polar surface area (TPSA) is 102 Å². The number of nitrogens with one attached hydrogen (secondary N) is 1. The number of amides is 2. The molecule has 1 aromatic rings. The number of aryl methyl sites for hydroxylation is 1. The van der Waals surface area contributed by atoms with Crippen LogP contribution >= 0.6 is 0 Å². The van der Waals surface area contributed by atoms with Crippen LogP contribution in [0.4, 0.5) is 5.82 Å². The van der Waals surface area contributed by atoms with E-state index in [1.807, 2.05) is 4.90 Å². The number of carbonyl (C=O) groups is 3. The first-order valence-electron chi connectivity index (χ1n) is 9.54. The lowest BCUT2D eigenvalue weighted by Crippen LogP contribution is -2.45. The summed E-state index contributed by atoms with van der Waals surface area (Å²) in [6, 6.07) is 1.76. The Hall–Kier alpha value is -2.38. The summed E-state index contributed by atoms with van der Waals surface area (Å²) >= 11 is 0. The van der Waals surface area contributed by atoms with Crippen molar-refractivity contribution in [3.8, 4) is 0 Å². The lowest BCUT2D eigenvalue weighted by molar-refractivity contribution is -0.151. The van der Waals surface area contributed by atoms with Gasteiger partial charge in [0.1, 0.15) is 5.76 Å². The zero-order chi connectivity index (χ0) is 19.6. The molecule has 1 saturated heterocycles. The van der Waals surface area contributed by atoms with E-state index in [1.165, 1.54) is 6.42 Å². The van der Waals surface area contributed by atoms with Gasteiger partial charge in [0.05, 0.1) is 5.92 Å². The molecule has 8 heteroatoms. The van der Waals surface area contributed by atoms with Crippen LogP contribution in [-0.2, 0) is 19.1 Å². The molecule has 4 atom stereocenters. The number of nitrogens with zero attached hydrogens (tertiary/aromatic N) is 2. The second kappa shape index (κ2) is 8.10. The second-order valence-corrected chi connectivity index (χ2v) is 7.76. The molecule has 1 N–H and O–H groups in total. The average molecular weight is 377 g/mol. The van der Waals surface area contributed by atoms with E-state index in [0.717, 1.165) is 12.8 Å². The van der Waals surface area contributed by atoms with Gasteiger partial charge < -0.3 is 19.5 Å². The predicted octanol–water partition coefficient (Wildman–Crippen LogP) is 2.14. The molecule has 1 saturated carbocycles. The molecule has 3 rings (SSSR count). The second-order valence-electron chi connectivity index (χ2n) is 7.76. The van der Waals surface area contributed by atoms with Crippen LogP contribution in [0.1, 0.15) is 45.3 Å². The minimum absolute atomic E-state index is 0.00502. The number of likely N-dealkylation sites (tertiary alicyclic amines) is 1. The molecule has 0 radical (unpaired) electrons. The Morgan fingerprint density at radius 1 is 1.37 bits per heavy atom. The van der Waals surface area contributed by atoms with Gasteiger partial charge in [-0.05, 0) is 25.2 Å². The van der Waals surface area contributed by atoms with Crippen molar-refractivity contribution in [2.75, 3.05) is 18.5 Å². The van der Waals surface area contributed by atoms with Crippen molar-refractivity contribution in [3.63, 3.8) is 0 Å². The number of hydrogen-bond acceptors (Lipinski definition) is 6. The summed E-state index contributed by atoms with van der Waals surface area (Å²) < 4.78 is 9.96. The number of hydrogen-bond donors (Lipinski definition) is 1. The van der Waals surface area contributed by atoms with Crippen molar-refractivity contribution < 1.29 is 23.6 Å². The highest BCUT2D eigenvalue weighted by molar-refractivity contribution is 5.93. The molecule has 2 amide bonds. The van der Waals surface area contributed by atoms with E-state index >= 15 is 0 Å². The van der Waals surface area contributed by atoms with Crippen LogP contribution in [0.3, 0.4) is 0 Å². The third-order valence-corrected chi connectivity index (χ3v) is 5.80. The molecule has 2 fully saturated rings. The van der Waals surface area contributed by atoms with Gasteiger partial charge in [0.25, 0.3) is 5.91 Å². The van der Waals surface area contributed by atoms with E-state index in [4.69, 9.17) is 9.26 Å². The molecule has 0 aromatic carbocycles. The zero-order valence-corrected chi connectivity index (χ0v) is 16.1. The van der Waals surface area contributed by atoms with Crippen LogP contribution < -0.4 is 5.32 Å². The normalized spacial score (nSPS) is 28.3. The lowest BCUT2D eigenvalue weighted by atomic mass is 9.77. The van der Waals surface area contributed by atoms with Crippen molar-refractivity contribution >= 4 is 23.6 Å². The first kappa shape index (κ1) is 19.4. The zero-order valence-electron chi connectivity index (χ0n) is 16.1. The maximum atomic E-state index is 12.4. The highest BCUT2D eigenvalue weighted by Gasteiger charge is 2.42. The van der Waals surface area contributed by atoms with Gasteiger partial charge in [-0.25, -0.2) is 0 Å². The summed E-state index contributed by atoms with van der Waals surface area (Å²) in [5.41, 5.74) is 0. The van der Waals surface area contributed by atoms with Crippen LogP contribution in [0, 0.1) is 24.7 Å². The van der Waals surface area contributed by atoms with Gasteiger partial charge in [-0.15, -0.1) is 0 Å². The Balaban J connectivity index is 1.49. The summed E-state index contributed by atoms with van der Waals surface area (Å²) in [5, 5.41) is 6.14. The van der Waals surface area contributed by atoms with Gasteiger partial charge in [0, 0.05) is 25.1 Å². The fourth-order valence-electron chi connectivity index (χ4n) is 4.06. The molecule has 0 spiro atoms. The van der Waals surface area contributed by atoms with Crippen molar-refractivity contribution in [2.24, 2.45) is 17.8 Å². The van der Waals surface area contributed by atoms with Crippen molar-refractivity contribution in [2.45, 2.75) is 52.5 Å². The maximum absolute atomic E-state index is 12.4. The molecular weight excluding hydrogens is 350 g/mol. The minimum Gasteiger partial charge on any atom is -0.455 e. The third kappa shape index (κ3) is 4.48. The molecule has 1 aliphatic carbocycles. The van der Waals surface area contributed by atoms with Crippen LogP contribution in [0.25, 0.3) is 0 Å². The SMILES string of the molecule is Cc1cc(NC(=O)COC(=O)[C@H]2CC(=O)N([C@@H]3CCC[C@H](C)[C@@H]3C)C2)no1. The first-order chi connectivity index (χ1) is 12.8. The average Bonchev–Trinajstić information content (AvgIpc) is 3.21. The number of anilines is 1. The van der Waals surface area contributed by atoms with E-state index in [-0.39, 0.29) is 24.2 Å². The van der Waals surface area contributed by atoms with E-state index in [0.29, 0.717) is 24.1 Å². The van der Waals surface area contributed by atoms with Gasteiger partial charge in [-0.3, -0.25) is 14.4 Å². The summed E-state index contributed by atoms with van der Waals surface area (Å²) in [6.07, 6.45) is 3.43. The molecule has 148 valence electrons. The van der Waals surface area contributed by atoms with Crippen LogP contribution in [0.15, 0.2) is 10.6 Å². The number of aromatic nitrogens is 1. The van der Waals surface area contributed by atoms with E-state index in [1.54, 1.807) is 13.0 Å². The maximum Gasteiger partial charge on any atom is 0.311 e. The highest BCUT2D eigenvalue weighted by atomic mass is 16.5. The largest absolute Gasteiger partial charge is 0.455 e. The molecule has 27 heavy (non-hydrogen) atoms. The fraction of sp³-hybridized carbons (Fsp3) is 0.684. The van der Waals surface area contributed by atoms with Gasteiger partial charge in [-0.2, -0.15) is 0 Å². The molecule has 1 aromatic heterocycles. The van der Waals surface area contributed by atoms with Crippen LogP contribution in [-0.4, -0.2) is 47.0 Å². The Labute approximate surface area is 158 Å². The number of esters is 1. The van der Waals surface area contributed by atoms with Crippen molar-refractivity contribution in [3.05, 3.63) is 11.8 Å². The molecule has 1 aliphatic heterocycles. The summed E-state index contributed by atoms with van der Waals surface area (Å²) in [5.74, 6) is 0.339. The Morgan fingerprint density at radius 2 is 2.15 bits per heavy atom. The predicted molar refractivity (Wildman–Crippen MR) is 96.6 cm³/mol. The van der Waals surface area contributed by atoms with Crippen molar-refractivity contribution in [1.82, 2.24) is 10.1 Å². The third-order valence-electron chi connectivity index (χ3n) is 5.80. The summed E-state index contributed by atoms with van der Waals surface area (Å²) in [7, 11) is 0. The first-order valence-corrected chi connectivity index (χ1v) is 9.54. The molecule has 0 bridgehead atoms. The van der Waals surface area contributed by atoms with Gasteiger partial charge >= 0.3 is 5.97 Å². The Bertz CT molecular complexity index is 716. The number of ether oxygens (including phenoxy) is 1. The van der Waals surface area contributed by atoms with E-state index < -0.39 is 24.4 Å². The molecule has 8 nitrogen and oxygen atoms in total. The number of rotatable bonds is 5. The van der Waals surface area contributed by atoms with E-state index in [9.17, 15) is 14.4 Å². The molecule has 0 unspecified atom stereocenters. The van der Waals surface area contributed by atoms with E-state index in [2.05, 4.69) is 24.3 Å². The summed E-state index contributed by atoms with van der Waals surface area (Å²) in [4.78, 5) is 38.5. The number of carbonyl (C=O) groups excluding carboxylic acids is 3. The van der Waals surface area contributed by atoms with Crippen LogP contribution in [0.5, 0.6) is 0 Å². The minimum atomic E-state index is -0.510. The Morgan fingerprint density at radius 3 is 2.85 bits per heavy atom.